The maximum absolute atomic E-state index is 5.23. The van der Waals surface area contributed by atoms with Gasteiger partial charge in [-0.15, -0.1) is 0 Å². The number of pyridine rings is 3. The molecular formula is C140H97N9. The first-order chi connectivity index (χ1) is 73.4. The molecule has 28 rings (SSSR count). The summed E-state index contributed by atoms with van der Waals surface area (Å²) in [6.07, 6.45) is 10.9. The topological polar surface area (TPSA) is 116 Å². The van der Waals surface area contributed by atoms with Crippen molar-refractivity contribution in [3.8, 4) is 213 Å². The van der Waals surface area contributed by atoms with Gasteiger partial charge in [-0.25, -0.2) is 29.9 Å². The van der Waals surface area contributed by atoms with Crippen LogP contribution in [0.15, 0.2) is 516 Å². The van der Waals surface area contributed by atoms with Crippen molar-refractivity contribution < 1.29 is 0 Å². The van der Waals surface area contributed by atoms with Crippen molar-refractivity contribution in [2.45, 2.75) is 43.9 Å². The molecule has 0 unspecified atom stereocenters. The minimum absolute atomic E-state index is 0.0458. The van der Waals surface area contributed by atoms with Crippen LogP contribution in [0.1, 0.15) is 72.2 Å². The van der Waals surface area contributed by atoms with Crippen molar-refractivity contribution in [2.24, 2.45) is 0 Å². The predicted octanol–water partition coefficient (Wildman–Crippen LogP) is 34.7. The molecule has 18 aromatic carbocycles. The van der Waals surface area contributed by atoms with E-state index in [1.165, 1.54) is 139 Å². The molecule has 0 saturated carbocycles. The first kappa shape index (κ1) is 90.0. The molecule has 4 aliphatic carbocycles. The molecular weight excluding hydrogens is 1810 g/mol. The van der Waals surface area contributed by atoms with E-state index in [1.54, 1.807) is 12.4 Å². The van der Waals surface area contributed by atoms with Gasteiger partial charge < -0.3 is 0 Å². The van der Waals surface area contributed by atoms with Crippen molar-refractivity contribution in [1.29, 1.82) is 0 Å². The van der Waals surface area contributed by atoms with Gasteiger partial charge >= 0.3 is 0 Å². The van der Waals surface area contributed by atoms with Crippen molar-refractivity contribution in [3.63, 3.8) is 0 Å². The number of hydrogen-bond acceptors (Lipinski definition) is 9. The zero-order valence-corrected chi connectivity index (χ0v) is 82.6. The Morgan fingerprint density at radius 2 is 0.483 bits per heavy atom. The van der Waals surface area contributed by atoms with Crippen LogP contribution < -0.4 is 0 Å². The van der Waals surface area contributed by atoms with E-state index in [4.69, 9.17) is 29.9 Å². The lowest BCUT2D eigenvalue weighted by atomic mass is 9.70. The van der Waals surface area contributed by atoms with Crippen LogP contribution in [0.5, 0.6) is 0 Å². The molecule has 6 aromatic heterocycles. The number of benzene rings is 18. The van der Waals surface area contributed by atoms with Gasteiger partial charge in [0.15, 0.2) is 17.5 Å². The van der Waals surface area contributed by atoms with Crippen molar-refractivity contribution in [3.05, 3.63) is 561 Å². The Kier molecular flexibility index (Phi) is 22.7. The lowest BCUT2D eigenvalue weighted by Crippen LogP contribution is -2.25. The second-order valence-corrected chi connectivity index (χ2v) is 39.8. The summed E-state index contributed by atoms with van der Waals surface area (Å²) in [5, 5.41) is 2.63. The van der Waals surface area contributed by atoms with Crippen LogP contribution in [0.2, 0.25) is 0 Å². The second kappa shape index (κ2) is 37.6. The quantitative estimate of drug-likeness (QED) is 0.0989. The highest BCUT2D eigenvalue weighted by atomic mass is 14.9. The van der Waals surface area contributed by atoms with Crippen LogP contribution >= 0.6 is 0 Å². The minimum Gasteiger partial charge on any atom is -0.265 e. The van der Waals surface area contributed by atoms with E-state index in [0.29, 0.717) is 17.5 Å². The van der Waals surface area contributed by atoms with Crippen LogP contribution in [0.4, 0.5) is 0 Å². The van der Waals surface area contributed by atoms with Gasteiger partial charge in [0.1, 0.15) is 0 Å². The largest absolute Gasteiger partial charge is 0.265 e. The van der Waals surface area contributed by atoms with Gasteiger partial charge in [-0.3, -0.25) is 15.0 Å². The van der Waals surface area contributed by atoms with Gasteiger partial charge in [0.2, 0.25) is 0 Å². The molecule has 9 heteroatoms. The van der Waals surface area contributed by atoms with Gasteiger partial charge in [0.25, 0.3) is 0 Å². The molecule has 4 aliphatic rings. The summed E-state index contributed by atoms with van der Waals surface area (Å²) in [5.74, 6) is 2.06. The lowest BCUT2D eigenvalue weighted by Gasteiger charge is -2.30. The highest BCUT2D eigenvalue weighted by molar-refractivity contribution is 6.03. The van der Waals surface area contributed by atoms with E-state index in [0.717, 1.165) is 112 Å². The number of nitrogens with zero attached hydrogens (tertiary/aromatic N) is 9. The number of aromatic nitrogens is 9. The molecule has 1 spiro atoms. The summed E-state index contributed by atoms with van der Waals surface area (Å²) >= 11 is 0. The van der Waals surface area contributed by atoms with Gasteiger partial charge in [0, 0.05) is 98.1 Å². The van der Waals surface area contributed by atoms with Gasteiger partial charge in [-0.2, -0.15) is 0 Å². The molecule has 0 aliphatic heterocycles. The Hall–Kier alpha value is -19.1. The standard InChI is InChI=1S/C52H33N3.C46H33N3.C42H31N3/c1-2-12-34(13-3-1)35-24-26-37(27-25-35)51-54-48(36-28-30-53-31-29-36)33-49(55-51)39-15-10-14-38(32-39)40-19-11-23-47-50(40)43-18-6-9-22-46(43)52(47)44-20-7-4-16-41(44)42-17-5-8-21-45(42)52;1-46(2)41-24-22-35(27-40(41)39-23-21-32-12-6-7-16-38(32)44(39)46)34-13-8-14-36(26-34)42-28-43(37-15-9-25-47-29-37)49-45(48-42)33-19-17-31(18-20-33)30-10-4-3-5-11-30;1-42(2)36-18-7-6-16-35(36)40-34(17-9-19-37(40)42)31-13-8-14-32(25-31)38-26-39(33-15-10-24-43-27-33)45-41(44-38)30-22-20-29(21-23-30)28-11-4-3-5-12-28/h1-33H;3-29H,1-2H3;3-27H,1-2H3. The van der Waals surface area contributed by atoms with E-state index >= 15 is 0 Å². The average molecular weight is 1910 g/mol. The Bertz CT molecular complexity index is 9230. The highest BCUT2D eigenvalue weighted by Gasteiger charge is 2.52. The first-order valence-electron chi connectivity index (χ1n) is 50.9. The van der Waals surface area contributed by atoms with Crippen molar-refractivity contribution in [2.75, 3.05) is 0 Å². The average Bonchev–Trinajstić information content (AvgIpc) is 1.50. The normalized spacial score (nSPS) is 12.9. The van der Waals surface area contributed by atoms with Crippen molar-refractivity contribution in [1.82, 2.24) is 44.9 Å². The Balaban J connectivity index is 0.000000114. The van der Waals surface area contributed by atoms with Crippen LogP contribution in [0.25, 0.3) is 224 Å². The summed E-state index contributed by atoms with van der Waals surface area (Å²) < 4.78 is 0. The minimum atomic E-state index is -0.385. The Morgan fingerprint density at radius 1 is 0.161 bits per heavy atom. The fourth-order valence-corrected chi connectivity index (χ4v) is 23.2. The molecule has 702 valence electrons. The molecule has 149 heavy (non-hydrogen) atoms. The monoisotopic (exact) mass is 1900 g/mol. The van der Waals surface area contributed by atoms with E-state index in [1.807, 2.05) is 79.4 Å². The highest BCUT2D eigenvalue weighted by Crippen LogP contribution is 2.65. The summed E-state index contributed by atoms with van der Waals surface area (Å²) in [6.45, 7) is 9.36. The molecule has 0 N–H and O–H groups in total. The third-order valence-electron chi connectivity index (χ3n) is 30.4. The molecule has 0 saturated heterocycles. The van der Waals surface area contributed by atoms with Gasteiger partial charge in [-0.05, 0) is 245 Å². The molecule has 0 fully saturated rings. The maximum atomic E-state index is 5.23. The van der Waals surface area contributed by atoms with Crippen LogP contribution in [-0.2, 0) is 16.2 Å². The van der Waals surface area contributed by atoms with Gasteiger partial charge in [-0.1, -0.05) is 428 Å². The fraction of sp³-hybridized carbons (Fsp3) is 0.0500. The summed E-state index contributed by atoms with van der Waals surface area (Å²) in [7, 11) is 0. The van der Waals surface area contributed by atoms with Crippen LogP contribution in [0.3, 0.4) is 0 Å². The second-order valence-electron chi connectivity index (χ2n) is 39.8. The van der Waals surface area contributed by atoms with E-state index in [2.05, 4.69) is 467 Å². The molecule has 0 radical (unpaired) electrons. The van der Waals surface area contributed by atoms with Crippen LogP contribution in [0, 0.1) is 0 Å². The van der Waals surface area contributed by atoms with E-state index < -0.39 is 0 Å². The molecule has 6 heterocycles. The molecule has 0 amide bonds. The van der Waals surface area contributed by atoms with E-state index in [-0.39, 0.29) is 16.2 Å². The molecule has 0 atom stereocenters. The number of fused-ring (bicyclic) bond motifs is 18. The van der Waals surface area contributed by atoms with Gasteiger partial charge in [0.05, 0.1) is 39.6 Å². The number of rotatable bonds is 15. The summed E-state index contributed by atoms with van der Waals surface area (Å²) in [4.78, 5) is 43.7. The van der Waals surface area contributed by atoms with E-state index in [9.17, 15) is 0 Å². The maximum Gasteiger partial charge on any atom is 0.160 e. The molecule has 9 nitrogen and oxygen atoms in total. The zero-order chi connectivity index (χ0) is 99.7. The SMILES string of the molecule is CC1(C)c2ccc(-c3cccc(-c4cc(-c5cccnc5)nc(-c5ccc(-c6ccccc6)cc5)n4)c3)cc2-c2ccc3ccccc3c21.CC1(C)c2ccccc2-c2c(-c3cccc(-c4cc(-c5cccnc5)nc(-c5ccc(-c6ccccc6)cc5)n4)c3)cccc21.c1ccc(-c2ccc(-c3nc(-c4ccncc4)cc(-c4cccc(-c5cccc6c5-c5ccccc5C65c6ccccc6-c6ccccc65)c4)n3)cc2)cc1. The van der Waals surface area contributed by atoms with Crippen molar-refractivity contribution >= 4 is 10.8 Å². The Labute approximate surface area is 867 Å². The smallest absolute Gasteiger partial charge is 0.160 e. The Morgan fingerprint density at radius 3 is 0.960 bits per heavy atom. The zero-order valence-electron chi connectivity index (χ0n) is 82.6. The lowest BCUT2D eigenvalue weighted by molar-refractivity contribution is 0.660. The first-order valence-corrected chi connectivity index (χ1v) is 50.9. The molecule has 0 bridgehead atoms. The summed E-state index contributed by atoms with van der Waals surface area (Å²) in [5.41, 5.74) is 49.1. The predicted molar refractivity (Wildman–Crippen MR) is 610 cm³/mol. The summed E-state index contributed by atoms with van der Waals surface area (Å²) in [6, 6.07) is 171. The third kappa shape index (κ3) is 16.2. The third-order valence-corrected chi connectivity index (χ3v) is 30.4. The van der Waals surface area contributed by atoms with Crippen LogP contribution in [-0.4, -0.2) is 44.9 Å². The fourth-order valence-electron chi connectivity index (χ4n) is 23.2. The number of hydrogen-bond donors (Lipinski definition) is 0. The molecule has 24 aromatic rings.